The van der Waals surface area contributed by atoms with Crippen LogP contribution in [0.2, 0.25) is 0 Å². The number of para-hydroxylation sites is 1. The van der Waals surface area contributed by atoms with E-state index in [1.54, 1.807) is 31.3 Å². The molecule has 0 bridgehead atoms. The summed E-state index contributed by atoms with van der Waals surface area (Å²) in [6, 6.07) is 8.14. The molecular formula is C12H12N2O5S2. The van der Waals surface area contributed by atoms with Gasteiger partial charge in [0.1, 0.15) is 11.5 Å². The normalized spacial score (nSPS) is 11.3. The van der Waals surface area contributed by atoms with Crippen molar-refractivity contribution in [2.75, 3.05) is 17.8 Å². The van der Waals surface area contributed by atoms with E-state index in [2.05, 4.69) is 5.32 Å². The molecule has 2 aromatic rings. The van der Waals surface area contributed by atoms with E-state index >= 15 is 0 Å². The second-order valence-corrected chi connectivity index (χ2v) is 6.05. The Balaban J connectivity index is 2.37. The van der Waals surface area contributed by atoms with E-state index in [4.69, 9.17) is 21.2 Å². The fraction of sp³-hybridized carbons (Fsp3) is 0.167. The summed E-state index contributed by atoms with van der Waals surface area (Å²) in [6.45, 7) is 0. The van der Waals surface area contributed by atoms with Crippen LogP contribution in [0.4, 0.5) is 5.69 Å². The van der Waals surface area contributed by atoms with Crippen molar-refractivity contribution in [2.24, 2.45) is 0 Å². The van der Waals surface area contributed by atoms with E-state index in [1.165, 1.54) is 11.0 Å². The molecule has 0 saturated carbocycles. The van der Waals surface area contributed by atoms with Crippen LogP contribution in [0.3, 0.4) is 0 Å². The fourth-order valence-electron chi connectivity index (χ4n) is 1.75. The fourth-order valence-corrected chi connectivity index (χ4v) is 2.33. The first kappa shape index (κ1) is 15.4. The van der Waals surface area contributed by atoms with Crippen LogP contribution >= 0.6 is 12.2 Å². The summed E-state index contributed by atoms with van der Waals surface area (Å²) in [5.41, 5.74) is 0.312. The van der Waals surface area contributed by atoms with Gasteiger partial charge in [-0.3, -0.25) is 4.55 Å². The number of thiocarbonyl (C=S) groups is 1. The zero-order valence-electron chi connectivity index (χ0n) is 10.9. The van der Waals surface area contributed by atoms with Crippen molar-refractivity contribution in [2.45, 2.75) is 0 Å². The molecular weight excluding hydrogens is 316 g/mol. The topological polar surface area (TPSA) is 99.9 Å². The number of rotatable bonds is 3. The third-order valence-corrected chi connectivity index (χ3v) is 3.63. The number of nitrogens with one attached hydrogen (secondary N) is 1. The largest absolute Gasteiger partial charge is 0.423 e. The molecule has 0 aliphatic rings. The van der Waals surface area contributed by atoms with Crippen LogP contribution < -0.4 is 15.8 Å². The van der Waals surface area contributed by atoms with E-state index in [1.807, 2.05) is 0 Å². The quantitative estimate of drug-likeness (QED) is 0.488. The molecule has 0 fully saturated rings. The summed E-state index contributed by atoms with van der Waals surface area (Å²) >= 11 is 5.04. The van der Waals surface area contributed by atoms with E-state index in [0.717, 1.165) is 0 Å². The van der Waals surface area contributed by atoms with E-state index in [-0.39, 0.29) is 5.11 Å². The lowest BCUT2D eigenvalue weighted by molar-refractivity contribution is 0.481. The number of nitrogens with zero attached hydrogens (tertiary/aromatic N) is 1. The van der Waals surface area contributed by atoms with Gasteiger partial charge in [0, 0.05) is 18.5 Å². The minimum Gasteiger partial charge on any atom is -0.423 e. The maximum atomic E-state index is 11.6. The van der Waals surface area contributed by atoms with E-state index < -0.39 is 21.6 Å². The van der Waals surface area contributed by atoms with Crippen LogP contribution in [0, 0.1) is 0 Å². The molecule has 0 radical (unpaired) electrons. The summed E-state index contributed by atoms with van der Waals surface area (Å²) in [4.78, 5) is 13.0. The van der Waals surface area contributed by atoms with Crippen LogP contribution in [0.25, 0.3) is 11.0 Å². The molecule has 0 amide bonds. The molecule has 1 heterocycles. The molecule has 2 rings (SSSR count). The maximum Gasteiger partial charge on any atom is 0.338 e. The molecule has 7 nitrogen and oxygen atoms in total. The van der Waals surface area contributed by atoms with Gasteiger partial charge in [0.2, 0.25) is 0 Å². The molecule has 0 saturated heterocycles. The van der Waals surface area contributed by atoms with Crippen molar-refractivity contribution < 1.29 is 17.4 Å². The highest BCUT2D eigenvalue weighted by Gasteiger charge is 2.14. The zero-order chi connectivity index (χ0) is 15.6. The second-order valence-electron chi connectivity index (χ2n) is 4.21. The van der Waals surface area contributed by atoms with Crippen molar-refractivity contribution in [3.63, 3.8) is 0 Å². The second kappa shape index (κ2) is 5.80. The van der Waals surface area contributed by atoms with Crippen molar-refractivity contribution in [1.29, 1.82) is 0 Å². The Morgan fingerprint density at radius 2 is 2.10 bits per heavy atom. The van der Waals surface area contributed by atoms with Gasteiger partial charge in [-0.1, -0.05) is 12.1 Å². The Bertz CT molecular complexity index is 844. The number of anilines is 1. The number of benzene rings is 1. The van der Waals surface area contributed by atoms with Gasteiger partial charge in [-0.2, -0.15) is 8.42 Å². The predicted octanol–water partition coefficient (Wildman–Crippen LogP) is 0.949. The summed E-state index contributed by atoms with van der Waals surface area (Å²) in [5, 5.41) is 3.09. The highest BCUT2D eigenvalue weighted by atomic mass is 32.2. The molecule has 0 aliphatic carbocycles. The molecule has 2 N–H and O–H groups in total. The van der Waals surface area contributed by atoms with Crippen molar-refractivity contribution in [3.05, 3.63) is 40.8 Å². The average Bonchev–Trinajstić information content (AvgIpc) is 2.42. The third-order valence-electron chi connectivity index (χ3n) is 2.70. The highest BCUT2D eigenvalue weighted by molar-refractivity contribution is 7.86. The molecule has 21 heavy (non-hydrogen) atoms. The highest BCUT2D eigenvalue weighted by Crippen LogP contribution is 2.23. The lowest BCUT2D eigenvalue weighted by Crippen LogP contribution is -2.39. The zero-order valence-corrected chi connectivity index (χ0v) is 12.6. The monoisotopic (exact) mass is 328 g/mol. The summed E-state index contributed by atoms with van der Waals surface area (Å²) in [5.74, 6) is -0.713. The summed E-state index contributed by atoms with van der Waals surface area (Å²) in [6.07, 6.45) is 0. The van der Waals surface area contributed by atoms with E-state index in [0.29, 0.717) is 16.7 Å². The van der Waals surface area contributed by atoms with Crippen molar-refractivity contribution >= 4 is 44.1 Å². The lowest BCUT2D eigenvalue weighted by Gasteiger charge is -2.21. The Labute approximate surface area is 125 Å². The molecule has 0 unspecified atom stereocenters. The first-order valence-electron chi connectivity index (χ1n) is 5.77. The summed E-state index contributed by atoms with van der Waals surface area (Å²) in [7, 11) is -2.62. The standard InChI is InChI=1S/C12H12N2O5S2/c1-14(12(20)13-7-21(16,17)18)9-6-11(15)19-10-5-3-2-4-8(9)10/h2-6H,7H2,1H3,(H,13,20)(H,16,17,18). The Morgan fingerprint density at radius 3 is 2.76 bits per heavy atom. The molecule has 0 atom stereocenters. The number of hydrogen-bond donors (Lipinski definition) is 2. The Hall–Kier alpha value is -1.97. The van der Waals surface area contributed by atoms with Crippen LogP contribution in [0.15, 0.2) is 39.5 Å². The molecule has 0 spiro atoms. The minimum absolute atomic E-state index is 0.0448. The van der Waals surface area contributed by atoms with Crippen LogP contribution in [-0.2, 0) is 10.1 Å². The molecule has 9 heteroatoms. The first-order valence-corrected chi connectivity index (χ1v) is 7.79. The third kappa shape index (κ3) is 3.78. The lowest BCUT2D eigenvalue weighted by atomic mass is 10.2. The van der Waals surface area contributed by atoms with E-state index in [9.17, 15) is 13.2 Å². The van der Waals surface area contributed by atoms with Gasteiger partial charge in [-0.25, -0.2) is 4.79 Å². The molecule has 0 aliphatic heterocycles. The maximum absolute atomic E-state index is 11.6. The summed E-state index contributed by atoms with van der Waals surface area (Å²) < 4.78 is 35.2. The Kier molecular flexibility index (Phi) is 4.26. The number of fused-ring (bicyclic) bond motifs is 1. The van der Waals surface area contributed by atoms with Crippen LogP contribution in [0.5, 0.6) is 0 Å². The van der Waals surface area contributed by atoms with Gasteiger partial charge in [-0.15, -0.1) is 0 Å². The number of hydrogen-bond acceptors (Lipinski definition) is 5. The van der Waals surface area contributed by atoms with Gasteiger partial charge in [0.05, 0.1) is 5.69 Å². The van der Waals surface area contributed by atoms with Crippen LogP contribution in [-0.4, -0.2) is 31.0 Å². The predicted molar refractivity (Wildman–Crippen MR) is 83.0 cm³/mol. The molecule has 112 valence electrons. The average molecular weight is 328 g/mol. The molecule has 1 aromatic carbocycles. The van der Waals surface area contributed by atoms with Gasteiger partial charge in [0.15, 0.2) is 5.11 Å². The van der Waals surface area contributed by atoms with Crippen molar-refractivity contribution in [1.82, 2.24) is 5.32 Å². The van der Waals surface area contributed by atoms with Gasteiger partial charge in [0.25, 0.3) is 10.1 Å². The van der Waals surface area contributed by atoms with Crippen LogP contribution in [0.1, 0.15) is 0 Å². The molecule has 1 aromatic heterocycles. The van der Waals surface area contributed by atoms with Gasteiger partial charge in [-0.05, 0) is 24.4 Å². The first-order chi connectivity index (χ1) is 9.78. The minimum atomic E-state index is -4.19. The SMILES string of the molecule is CN(C(=S)NCS(=O)(=O)O)c1cc(=O)oc2ccccc12. The van der Waals surface area contributed by atoms with Gasteiger partial charge >= 0.3 is 5.63 Å². The smallest absolute Gasteiger partial charge is 0.338 e. The Morgan fingerprint density at radius 1 is 1.43 bits per heavy atom. The van der Waals surface area contributed by atoms with Crippen molar-refractivity contribution in [3.8, 4) is 0 Å². The van der Waals surface area contributed by atoms with Gasteiger partial charge < -0.3 is 14.6 Å².